The summed E-state index contributed by atoms with van der Waals surface area (Å²) in [5.74, 6) is 1.10. The van der Waals surface area contributed by atoms with E-state index in [0.717, 1.165) is 53.0 Å². The number of fused-ring (bicyclic) bond motifs is 1. The van der Waals surface area contributed by atoms with Crippen LogP contribution in [0, 0.1) is 0 Å². The maximum atomic E-state index is 12.8. The number of amides is 1. The smallest absolute Gasteiger partial charge is 0.217 e. The van der Waals surface area contributed by atoms with Crippen molar-refractivity contribution in [1.29, 1.82) is 0 Å². The second-order valence-corrected chi connectivity index (χ2v) is 9.72. The topological polar surface area (TPSA) is 99.0 Å². The molecule has 1 unspecified atom stereocenters. The standard InChI is InChI=1S/C32H28N6O3/c1-2-14-37-29(24-7-9-27(10-8-24)36-15-13-33-21-36)19-35-32(37)28(18-26-5-3-4-12-34-26)38(22-40)31-17-25-16-23(20-39)6-11-30(25)41-31/h3-13,15-17,19-22,28H,2,14,18H2,1H3. The Morgan fingerprint density at radius 3 is 2.59 bits per heavy atom. The van der Waals surface area contributed by atoms with Gasteiger partial charge < -0.3 is 13.6 Å². The normalized spacial score (nSPS) is 11.9. The van der Waals surface area contributed by atoms with Crippen LogP contribution in [0.5, 0.6) is 0 Å². The fraction of sp³-hybridized carbons (Fsp3) is 0.156. The Hall–Kier alpha value is -5.31. The molecule has 0 bridgehead atoms. The van der Waals surface area contributed by atoms with Crippen molar-refractivity contribution >= 4 is 29.5 Å². The highest BCUT2D eigenvalue weighted by atomic mass is 16.4. The number of nitrogens with zero attached hydrogens (tertiary/aromatic N) is 6. The molecule has 0 aliphatic rings. The Morgan fingerprint density at radius 1 is 1.00 bits per heavy atom. The Bertz CT molecular complexity index is 1770. The first kappa shape index (κ1) is 25.9. The summed E-state index contributed by atoms with van der Waals surface area (Å²) in [5.41, 5.74) is 4.92. The Labute approximate surface area is 236 Å². The first-order valence-corrected chi connectivity index (χ1v) is 13.4. The minimum Gasteiger partial charge on any atom is -0.440 e. The first-order valence-electron chi connectivity index (χ1n) is 13.4. The highest BCUT2D eigenvalue weighted by Gasteiger charge is 2.29. The number of benzene rings is 2. The van der Waals surface area contributed by atoms with Crippen LogP contribution in [0.4, 0.5) is 5.88 Å². The lowest BCUT2D eigenvalue weighted by Crippen LogP contribution is -2.31. The van der Waals surface area contributed by atoms with E-state index < -0.39 is 6.04 Å². The number of furan rings is 1. The van der Waals surface area contributed by atoms with Gasteiger partial charge in [-0.05, 0) is 54.4 Å². The van der Waals surface area contributed by atoms with E-state index in [1.54, 1.807) is 47.9 Å². The lowest BCUT2D eigenvalue weighted by atomic mass is 10.1. The van der Waals surface area contributed by atoms with Gasteiger partial charge in [-0.25, -0.2) is 9.97 Å². The van der Waals surface area contributed by atoms with Gasteiger partial charge in [-0.2, -0.15) is 0 Å². The van der Waals surface area contributed by atoms with Crippen LogP contribution in [-0.2, 0) is 17.8 Å². The van der Waals surface area contributed by atoms with E-state index in [1.807, 2.05) is 47.3 Å². The van der Waals surface area contributed by atoms with Gasteiger partial charge >= 0.3 is 0 Å². The maximum absolute atomic E-state index is 12.8. The monoisotopic (exact) mass is 544 g/mol. The Balaban J connectivity index is 1.44. The molecular weight excluding hydrogens is 516 g/mol. The van der Waals surface area contributed by atoms with E-state index in [-0.39, 0.29) is 0 Å². The summed E-state index contributed by atoms with van der Waals surface area (Å²) in [4.78, 5) is 39.2. The van der Waals surface area contributed by atoms with Crippen LogP contribution in [0.25, 0.3) is 27.9 Å². The number of imidazole rings is 2. The molecule has 0 radical (unpaired) electrons. The number of hydrogen-bond donors (Lipinski definition) is 0. The number of carbonyl (C=O) groups excluding carboxylic acids is 2. The summed E-state index contributed by atoms with van der Waals surface area (Å²) in [6.45, 7) is 2.83. The minimum absolute atomic E-state index is 0.372. The van der Waals surface area contributed by atoms with Gasteiger partial charge in [0.15, 0.2) is 0 Å². The summed E-state index contributed by atoms with van der Waals surface area (Å²) in [6.07, 6.45) is 11.9. The molecule has 0 aliphatic heterocycles. The molecule has 0 spiro atoms. The minimum atomic E-state index is -0.501. The third kappa shape index (κ3) is 5.17. The molecule has 2 aromatic carbocycles. The van der Waals surface area contributed by atoms with Gasteiger partial charge in [0, 0.05) is 60.0 Å². The SMILES string of the molecule is CCCn1c(-c2ccc(-n3ccnc3)cc2)cnc1C(Cc1ccccn1)N(C=O)c1cc2cc(C=O)ccc2o1. The van der Waals surface area contributed by atoms with Crippen molar-refractivity contribution in [3.63, 3.8) is 0 Å². The second-order valence-electron chi connectivity index (χ2n) is 9.72. The van der Waals surface area contributed by atoms with Crippen LogP contribution in [-0.4, -0.2) is 36.8 Å². The van der Waals surface area contributed by atoms with E-state index in [2.05, 4.69) is 33.6 Å². The van der Waals surface area contributed by atoms with Crippen LogP contribution in [0.2, 0.25) is 0 Å². The zero-order valence-corrected chi connectivity index (χ0v) is 22.5. The predicted molar refractivity (Wildman–Crippen MR) is 156 cm³/mol. The van der Waals surface area contributed by atoms with Gasteiger partial charge in [-0.1, -0.05) is 25.1 Å². The van der Waals surface area contributed by atoms with Crippen molar-refractivity contribution in [2.75, 3.05) is 4.90 Å². The van der Waals surface area contributed by atoms with Crippen LogP contribution < -0.4 is 4.90 Å². The quantitative estimate of drug-likeness (QED) is 0.184. The molecule has 6 rings (SSSR count). The fourth-order valence-corrected chi connectivity index (χ4v) is 5.12. The molecule has 1 atom stereocenters. The molecule has 0 fully saturated rings. The summed E-state index contributed by atoms with van der Waals surface area (Å²) in [5, 5.41) is 0.739. The predicted octanol–water partition coefficient (Wildman–Crippen LogP) is 6.05. The maximum Gasteiger partial charge on any atom is 0.217 e. The van der Waals surface area contributed by atoms with Gasteiger partial charge in [0.05, 0.1) is 18.2 Å². The van der Waals surface area contributed by atoms with Gasteiger partial charge in [-0.15, -0.1) is 0 Å². The fourth-order valence-electron chi connectivity index (χ4n) is 5.12. The van der Waals surface area contributed by atoms with Gasteiger partial charge in [-0.3, -0.25) is 19.5 Å². The largest absolute Gasteiger partial charge is 0.440 e. The van der Waals surface area contributed by atoms with Crippen LogP contribution >= 0.6 is 0 Å². The highest BCUT2D eigenvalue weighted by molar-refractivity contribution is 5.89. The summed E-state index contributed by atoms with van der Waals surface area (Å²) >= 11 is 0. The van der Waals surface area contributed by atoms with Crippen molar-refractivity contribution < 1.29 is 14.0 Å². The van der Waals surface area contributed by atoms with Crippen molar-refractivity contribution in [1.82, 2.24) is 24.1 Å². The molecule has 0 saturated heterocycles. The average Bonchev–Trinajstić information content (AvgIpc) is 3.78. The van der Waals surface area contributed by atoms with Crippen molar-refractivity contribution in [2.45, 2.75) is 32.4 Å². The van der Waals surface area contributed by atoms with E-state index >= 15 is 0 Å². The third-order valence-electron chi connectivity index (χ3n) is 7.09. The lowest BCUT2D eigenvalue weighted by Gasteiger charge is -2.27. The number of carbonyl (C=O) groups is 2. The molecule has 4 heterocycles. The molecule has 204 valence electrons. The first-order chi connectivity index (χ1) is 20.2. The van der Waals surface area contributed by atoms with Crippen LogP contribution in [0.15, 0.2) is 102 Å². The average molecular weight is 545 g/mol. The van der Waals surface area contributed by atoms with Crippen molar-refractivity contribution in [3.05, 3.63) is 115 Å². The van der Waals surface area contributed by atoms with Crippen LogP contribution in [0.1, 0.15) is 41.3 Å². The Morgan fingerprint density at radius 2 is 1.88 bits per heavy atom. The molecule has 0 N–H and O–H groups in total. The van der Waals surface area contributed by atoms with E-state index in [9.17, 15) is 9.59 Å². The van der Waals surface area contributed by atoms with Crippen molar-refractivity contribution in [2.24, 2.45) is 0 Å². The summed E-state index contributed by atoms with van der Waals surface area (Å²) in [6, 6.07) is 20.4. The lowest BCUT2D eigenvalue weighted by molar-refractivity contribution is -0.108. The van der Waals surface area contributed by atoms with Crippen molar-refractivity contribution in [3.8, 4) is 16.9 Å². The number of aldehydes is 1. The van der Waals surface area contributed by atoms with E-state index in [4.69, 9.17) is 9.40 Å². The third-order valence-corrected chi connectivity index (χ3v) is 7.09. The van der Waals surface area contributed by atoms with E-state index in [1.165, 1.54) is 0 Å². The molecule has 0 aliphatic carbocycles. The Kier molecular flexibility index (Phi) is 7.23. The number of pyridine rings is 1. The zero-order valence-electron chi connectivity index (χ0n) is 22.5. The zero-order chi connectivity index (χ0) is 28.2. The van der Waals surface area contributed by atoms with Crippen LogP contribution in [0.3, 0.4) is 0 Å². The number of aromatic nitrogens is 5. The molecule has 1 amide bonds. The van der Waals surface area contributed by atoms with Gasteiger partial charge in [0.2, 0.25) is 12.3 Å². The molecule has 6 aromatic rings. The molecule has 4 aromatic heterocycles. The molecule has 9 heteroatoms. The summed E-state index contributed by atoms with van der Waals surface area (Å²) < 4.78 is 10.2. The van der Waals surface area contributed by atoms with Gasteiger partial charge in [0.25, 0.3) is 0 Å². The summed E-state index contributed by atoms with van der Waals surface area (Å²) in [7, 11) is 0. The second kappa shape index (κ2) is 11.4. The number of hydrogen-bond acceptors (Lipinski definition) is 6. The molecular formula is C32H28N6O3. The van der Waals surface area contributed by atoms with E-state index in [0.29, 0.717) is 30.0 Å². The molecule has 0 saturated carbocycles. The van der Waals surface area contributed by atoms with Gasteiger partial charge in [0.1, 0.15) is 23.7 Å². The molecule has 41 heavy (non-hydrogen) atoms. The number of rotatable bonds is 11. The highest BCUT2D eigenvalue weighted by Crippen LogP contribution is 2.35. The number of anilines is 1. The molecule has 9 nitrogen and oxygen atoms in total.